The number of carbonyl (C=O) groups excluding carboxylic acids is 1. The number of benzene rings is 1. The molecular weight excluding hydrogens is 428 g/mol. The monoisotopic (exact) mass is 452 g/mol. The van der Waals surface area contributed by atoms with Crippen molar-refractivity contribution in [2.24, 2.45) is 0 Å². The summed E-state index contributed by atoms with van der Waals surface area (Å²) in [7, 11) is -2.17. The van der Waals surface area contributed by atoms with Crippen LogP contribution in [0.5, 0.6) is 0 Å². The first-order chi connectivity index (χ1) is 15.3. The minimum atomic E-state index is -3.54. The lowest BCUT2D eigenvalue weighted by Crippen LogP contribution is -2.31. The van der Waals surface area contributed by atoms with Crippen LogP contribution in [0.2, 0.25) is 0 Å². The van der Waals surface area contributed by atoms with Gasteiger partial charge in [-0.3, -0.25) is 9.78 Å². The number of anilines is 1. The molecule has 32 heavy (non-hydrogen) atoms. The molecule has 0 fully saturated rings. The van der Waals surface area contributed by atoms with Gasteiger partial charge in [0.25, 0.3) is 5.91 Å². The number of nitrogens with zero attached hydrogens (tertiary/aromatic N) is 3. The van der Waals surface area contributed by atoms with Gasteiger partial charge in [-0.1, -0.05) is 6.07 Å². The lowest BCUT2D eigenvalue weighted by atomic mass is 9.96. The summed E-state index contributed by atoms with van der Waals surface area (Å²) < 4.78 is 26.3. The fourth-order valence-corrected chi connectivity index (χ4v) is 4.62. The average Bonchev–Trinajstić information content (AvgIpc) is 2.78. The summed E-state index contributed by atoms with van der Waals surface area (Å²) in [6.07, 6.45) is 4.91. The highest BCUT2D eigenvalue weighted by Gasteiger charge is 2.19. The number of nitrogens with one attached hydrogen (secondary N) is 2. The van der Waals surface area contributed by atoms with Crippen molar-refractivity contribution >= 4 is 21.7 Å². The van der Waals surface area contributed by atoms with E-state index in [1.54, 1.807) is 25.3 Å². The quantitative estimate of drug-likeness (QED) is 0.514. The second kappa shape index (κ2) is 8.64. The van der Waals surface area contributed by atoms with E-state index in [1.807, 2.05) is 12.1 Å². The molecular formula is C22H24N6O3S. The molecule has 1 aromatic carbocycles. The van der Waals surface area contributed by atoms with E-state index in [0.29, 0.717) is 42.0 Å². The van der Waals surface area contributed by atoms with Gasteiger partial charge in [0.15, 0.2) is 0 Å². The Morgan fingerprint density at radius 2 is 1.91 bits per heavy atom. The zero-order valence-corrected chi connectivity index (χ0v) is 18.7. The summed E-state index contributed by atoms with van der Waals surface area (Å²) in [4.78, 5) is 25.4. The lowest BCUT2D eigenvalue weighted by Gasteiger charge is -2.17. The Morgan fingerprint density at radius 3 is 2.66 bits per heavy atom. The second-order valence-electron chi connectivity index (χ2n) is 7.62. The van der Waals surface area contributed by atoms with Crippen LogP contribution in [0, 0.1) is 6.92 Å². The maximum Gasteiger partial charge on any atom is 0.251 e. The molecule has 4 rings (SSSR count). The summed E-state index contributed by atoms with van der Waals surface area (Å²) in [5.41, 5.74) is 11.3. The van der Waals surface area contributed by atoms with Gasteiger partial charge in [-0.2, -0.15) is 0 Å². The summed E-state index contributed by atoms with van der Waals surface area (Å²) in [5, 5.41) is 2.83. The Bertz CT molecular complexity index is 1310. The Kier molecular flexibility index (Phi) is 5.90. The molecule has 1 aliphatic rings. The predicted octanol–water partition coefficient (Wildman–Crippen LogP) is 1.41. The molecule has 0 atom stereocenters. The number of carbonyl (C=O) groups is 1. The smallest absolute Gasteiger partial charge is 0.251 e. The highest BCUT2D eigenvalue weighted by Crippen LogP contribution is 2.26. The molecule has 1 aliphatic heterocycles. The lowest BCUT2D eigenvalue weighted by molar-refractivity contribution is 0.0946. The number of rotatable bonds is 6. The summed E-state index contributed by atoms with van der Waals surface area (Å²) >= 11 is 0. The van der Waals surface area contributed by atoms with Crippen LogP contribution in [0.25, 0.3) is 11.3 Å². The summed E-state index contributed by atoms with van der Waals surface area (Å²) in [6.45, 7) is 2.35. The number of fused-ring (bicyclic) bond motifs is 1. The highest BCUT2D eigenvalue weighted by atomic mass is 32.2. The zero-order valence-electron chi connectivity index (χ0n) is 17.8. The summed E-state index contributed by atoms with van der Waals surface area (Å²) in [5.74, 6) is 0.256. The third kappa shape index (κ3) is 4.32. The molecule has 0 unspecified atom stereocenters. The normalized spacial score (nSPS) is 13.5. The van der Waals surface area contributed by atoms with Crippen molar-refractivity contribution in [2.45, 2.75) is 31.1 Å². The first kappa shape index (κ1) is 21.8. The second-order valence-corrected chi connectivity index (χ2v) is 9.48. The first-order valence-corrected chi connectivity index (χ1v) is 11.7. The van der Waals surface area contributed by atoms with Crippen LogP contribution < -0.4 is 15.8 Å². The zero-order chi connectivity index (χ0) is 22.9. The molecule has 0 radical (unpaired) electrons. The van der Waals surface area contributed by atoms with Crippen molar-refractivity contribution in [3.8, 4) is 11.3 Å². The molecule has 9 nitrogen and oxygen atoms in total. The standard InChI is InChI=1S/C22H24N6O3S/c1-13-9-16(26-12-19(13)32(30,31)24-2)4-5-17-11-27-21(23)20(28-17)15-3-6-18-14(10-15)7-8-25-22(18)29/h3,6,9-12,24H,4-5,7-8H2,1-2H3,(H2,23,27)(H,25,29). The van der Waals surface area contributed by atoms with Crippen LogP contribution in [0.4, 0.5) is 5.82 Å². The van der Waals surface area contributed by atoms with Crippen LogP contribution in [0.1, 0.15) is 32.9 Å². The number of hydrogen-bond acceptors (Lipinski definition) is 7. The van der Waals surface area contributed by atoms with Gasteiger partial charge in [0.05, 0.1) is 11.9 Å². The van der Waals surface area contributed by atoms with Gasteiger partial charge in [-0.25, -0.2) is 23.1 Å². The van der Waals surface area contributed by atoms with Crippen molar-refractivity contribution < 1.29 is 13.2 Å². The number of amides is 1. The van der Waals surface area contributed by atoms with Crippen molar-refractivity contribution in [3.63, 3.8) is 0 Å². The molecule has 1 amide bonds. The molecule has 3 aromatic rings. The van der Waals surface area contributed by atoms with Crippen LogP contribution in [0.3, 0.4) is 0 Å². The van der Waals surface area contributed by atoms with E-state index in [2.05, 4.69) is 20.0 Å². The van der Waals surface area contributed by atoms with Gasteiger partial charge >= 0.3 is 0 Å². The van der Waals surface area contributed by atoms with Crippen LogP contribution in [0.15, 0.2) is 41.6 Å². The fraction of sp³-hybridized carbons (Fsp3) is 0.273. The Morgan fingerprint density at radius 1 is 1.12 bits per heavy atom. The highest BCUT2D eigenvalue weighted by molar-refractivity contribution is 7.89. The predicted molar refractivity (Wildman–Crippen MR) is 121 cm³/mol. The molecule has 0 bridgehead atoms. The van der Waals surface area contributed by atoms with Gasteiger partial charge in [-0.15, -0.1) is 0 Å². The van der Waals surface area contributed by atoms with Crippen LogP contribution >= 0.6 is 0 Å². The number of hydrogen-bond donors (Lipinski definition) is 3. The molecule has 0 aliphatic carbocycles. The van der Waals surface area contributed by atoms with E-state index in [0.717, 1.165) is 28.9 Å². The average molecular weight is 453 g/mol. The molecule has 0 saturated carbocycles. The van der Waals surface area contributed by atoms with Gasteiger partial charge < -0.3 is 11.1 Å². The maximum atomic E-state index is 12.0. The molecule has 166 valence electrons. The molecule has 0 spiro atoms. The number of nitrogen functional groups attached to an aromatic ring is 1. The van der Waals surface area contributed by atoms with E-state index in [-0.39, 0.29) is 10.8 Å². The minimum Gasteiger partial charge on any atom is -0.382 e. The molecule has 10 heteroatoms. The number of aromatic nitrogens is 3. The van der Waals surface area contributed by atoms with Crippen LogP contribution in [-0.4, -0.2) is 42.9 Å². The van der Waals surface area contributed by atoms with Crippen molar-refractivity contribution in [1.29, 1.82) is 0 Å². The number of pyridine rings is 1. The topological polar surface area (TPSA) is 140 Å². The number of sulfonamides is 1. The maximum absolute atomic E-state index is 12.0. The van der Waals surface area contributed by atoms with E-state index < -0.39 is 10.0 Å². The first-order valence-electron chi connectivity index (χ1n) is 10.2. The van der Waals surface area contributed by atoms with Crippen molar-refractivity contribution in [2.75, 3.05) is 19.3 Å². The van der Waals surface area contributed by atoms with Gasteiger partial charge in [-0.05, 0) is 62.6 Å². The third-order valence-corrected chi connectivity index (χ3v) is 7.01. The van der Waals surface area contributed by atoms with Crippen molar-refractivity contribution in [1.82, 2.24) is 25.0 Å². The van der Waals surface area contributed by atoms with Gasteiger partial charge in [0, 0.05) is 29.6 Å². The molecule has 4 N–H and O–H groups in total. The molecule has 3 heterocycles. The minimum absolute atomic E-state index is 0.0677. The van der Waals surface area contributed by atoms with Crippen molar-refractivity contribution in [3.05, 3.63) is 64.7 Å². The molecule has 0 saturated heterocycles. The summed E-state index contributed by atoms with van der Waals surface area (Å²) in [6, 6.07) is 7.34. The van der Waals surface area contributed by atoms with E-state index >= 15 is 0 Å². The van der Waals surface area contributed by atoms with E-state index in [4.69, 9.17) is 10.7 Å². The number of aryl methyl sites for hydroxylation is 3. The fourth-order valence-electron chi connectivity index (χ4n) is 3.73. The molecule has 2 aromatic heterocycles. The third-order valence-electron chi connectivity index (χ3n) is 5.47. The SMILES string of the molecule is CNS(=O)(=O)c1cnc(CCc2cnc(N)c(-c3ccc4c(c3)CCNC4=O)n2)cc1C. The Balaban J connectivity index is 1.55. The number of nitrogens with two attached hydrogens (primary N) is 1. The van der Waals surface area contributed by atoms with E-state index in [1.165, 1.54) is 13.2 Å². The van der Waals surface area contributed by atoms with Gasteiger partial charge in [0.1, 0.15) is 16.4 Å². The largest absolute Gasteiger partial charge is 0.382 e. The van der Waals surface area contributed by atoms with E-state index in [9.17, 15) is 13.2 Å². The van der Waals surface area contributed by atoms with Crippen LogP contribution in [-0.2, 0) is 29.3 Å². The Hall–Kier alpha value is -3.37. The Labute approximate surface area is 186 Å². The van der Waals surface area contributed by atoms with Gasteiger partial charge in [0.2, 0.25) is 10.0 Å².